The second kappa shape index (κ2) is 8.67. The van der Waals surface area contributed by atoms with Gasteiger partial charge in [0, 0.05) is 16.9 Å². The molecule has 0 unspecified atom stereocenters. The Morgan fingerprint density at radius 2 is 1.46 bits per heavy atom. The van der Waals surface area contributed by atoms with Gasteiger partial charge in [0.1, 0.15) is 24.4 Å². The maximum atomic E-state index is 6.41. The standard InChI is InChI=1S/C33H22N4O2/c1-2-11-23(12-3-1)29-30-25-15-7-5-10-22(25)17-18-27(30)39-33-31(29)32-35-28(36-37(32)20-34-33)19-38-26-16-8-13-21-9-4-6-14-24(21)26/h1-18,20,29H,19H2/t29-/m1/s1. The fourth-order valence-corrected chi connectivity index (χ4v) is 5.65. The zero-order chi connectivity index (χ0) is 25.8. The minimum absolute atomic E-state index is 0.122. The summed E-state index contributed by atoms with van der Waals surface area (Å²) in [6.07, 6.45) is 1.66. The Kier molecular flexibility index (Phi) is 4.85. The van der Waals surface area contributed by atoms with Gasteiger partial charge in [-0.15, -0.1) is 5.10 Å². The quantitative estimate of drug-likeness (QED) is 0.251. The summed E-state index contributed by atoms with van der Waals surface area (Å²) in [5.41, 5.74) is 3.87. The molecule has 0 spiro atoms. The molecule has 5 aromatic carbocycles. The summed E-state index contributed by atoms with van der Waals surface area (Å²) >= 11 is 0. The number of hydrogen-bond donors (Lipinski definition) is 0. The van der Waals surface area contributed by atoms with Crippen LogP contribution in [0, 0.1) is 0 Å². The van der Waals surface area contributed by atoms with Crippen molar-refractivity contribution in [2.75, 3.05) is 0 Å². The van der Waals surface area contributed by atoms with Crippen LogP contribution in [-0.4, -0.2) is 19.6 Å². The van der Waals surface area contributed by atoms with E-state index in [1.165, 1.54) is 0 Å². The van der Waals surface area contributed by atoms with Crippen LogP contribution in [0.1, 0.15) is 28.4 Å². The Morgan fingerprint density at radius 3 is 2.33 bits per heavy atom. The molecular formula is C33H22N4O2. The predicted molar refractivity (Wildman–Crippen MR) is 150 cm³/mol. The van der Waals surface area contributed by atoms with Gasteiger partial charge in [-0.05, 0) is 33.9 Å². The zero-order valence-corrected chi connectivity index (χ0v) is 20.9. The number of nitrogens with zero attached hydrogens (tertiary/aromatic N) is 4. The minimum Gasteiger partial charge on any atom is -0.485 e. The first-order chi connectivity index (χ1) is 19.3. The molecule has 3 heterocycles. The number of fused-ring (bicyclic) bond motifs is 7. The summed E-state index contributed by atoms with van der Waals surface area (Å²) in [6, 6.07) is 37.2. The van der Waals surface area contributed by atoms with Gasteiger partial charge in [-0.2, -0.15) is 0 Å². The molecular weight excluding hydrogens is 484 g/mol. The van der Waals surface area contributed by atoms with E-state index in [1.54, 1.807) is 10.8 Å². The molecule has 1 aliphatic rings. The van der Waals surface area contributed by atoms with Crippen LogP contribution in [0.4, 0.5) is 0 Å². The van der Waals surface area contributed by atoms with E-state index in [4.69, 9.17) is 19.6 Å². The van der Waals surface area contributed by atoms with Crippen LogP contribution >= 0.6 is 0 Å². The summed E-state index contributed by atoms with van der Waals surface area (Å²) in [7, 11) is 0. The molecule has 0 saturated heterocycles. The molecule has 39 heavy (non-hydrogen) atoms. The molecule has 8 rings (SSSR count). The fourth-order valence-electron chi connectivity index (χ4n) is 5.65. The zero-order valence-electron chi connectivity index (χ0n) is 20.9. The lowest BCUT2D eigenvalue weighted by Gasteiger charge is -2.29. The van der Waals surface area contributed by atoms with Gasteiger partial charge < -0.3 is 9.47 Å². The van der Waals surface area contributed by atoms with E-state index in [9.17, 15) is 0 Å². The van der Waals surface area contributed by atoms with Gasteiger partial charge in [-0.1, -0.05) is 97.1 Å². The third-order valence-electron chi connectivity index (χ3n) is 7.38. The van der Waals surface area contributed by atoms with Crippen LogP contribution in [0.25, 0.3) is 27.2 Å². The van der Waals surface area contributed by atoms with Crippen molar-refractivity contribution in [2.24, 2.45) is 0 Å². The Bertz CT molecular complexity index is 2010. The number of benzene rings is 5. The Hall–Kier alpha value is -5.23. The minimum atomic E-state index is -0.122. The van der Waals surface area contributed by atoms with Gasteiger partial charge in [-0.25, -0.2) is 14.5 Å². The summed E-state index contributed by atoms with van der Waals surface area (Å²) in [6.45, 7) is 0.237. The van der Waals surface area contributed by atoms with Crippen LogP contribution in [-0.2, 0) is 6.61 Å². The lowest BCUT2D eigenvalue weighted by Crippen LogP contribution is -2.15. The van der Waals surface area contributed by atoms with Gasteiger partial charge in [0.05, 0.1) is 5.56 Å². The fraction of sp³-hybridized carbons (Fsp3) is 0.0606. The van der Waals surface area contributed by atoms with Crippen molar-refractivity contribution >= 4 is 27.2 Å². The predicted octanol–water partition coefficient (Wildman–Crippen LogP) is 7.30. The highest BCUT2D eigenvalue weighted by atomic mass is 16.5. The van der Waals surface area contributed by atoms with Crippen LogP contribution in [0.2, 0.25) is 0 Å². The van der Waals surface area contributed by atoms with Crippen molar-refractivity contribution in [3.05, 3.63) is 138 Å². The molecule has 7 aromatic rings. The first kappa shape index (κ1) is 21.8. The van der Waals surface area contributed by atoms with Gasteiger partial charge >= 0.3 is 0 Å². The summed E-state index contributed by atoms with van der Waals surface area (Å²) < 4.78 is 14.4. The highest BCUT2D eigenvalue weighted by molar-refractivity contribution is 5.91. The molecule has 1 aliphatic heterocycles. The summed E-state index contributed by atoms with van der Waals surface area (Å²) in [5, 5.41) is 9.22. The Labute approximate surface area is 224 Å². The largest absolute Gasteiger partial charge is 0.485 e. The van der Waals surface area contributed by atoms with Crippen molar-refractivity contribution in [2.45, 2.75) is 12.5 Å². The third-order valence-corrected chi connectivity index (χ3v) is 7.38. The van der Waals surface area contributed by atoms with Crippen molar-refractivity contribution < 1.29 is 9.47 Å². The lowest BCUT2D eigenvalue weighted by atomic mass is 9.81. The molecule has 0 amide bonds. The van der Waals surface area contributed by atoms with Gasteiger partial charge in [-0.3, -0.25) is 0 Å². The van der Waals surface area contributed by atoms with Crippen molar-refractivity contribution in [3.8, 4) is 17.4 Å². The highest BCUT2D eigenvalue weighted by Gasteiger charge is 2.34. The highest BCUT2D eigenvalue weighted by Crippen LogP contribution is 2.50. The van der Waals surface area contributed by atoms with Crippen molar-refractivity contribution in [3.63, 3.8) is 0 Å². The Morgan fingerprint density at radius 1 is 0.718 bits per heavy atom. The average molecular weight is 507 g/mol. The van der Waals surface area contributed by atoms with Crippen LogP contribution in [0.3, 0.4) is 0 Å². The third kappa shape index (κ3) is 3.53. The molecule has 6 nitrogen and oxygen atoms in total. The van der Waals surface area contributed by atoms with Gasteiger partial charge in [0.25, 0.3) is 0 Å². The molecule has 6 heteroatoms. The van der Waals surface area contributed by atoms with E-state index in [1.807, 2.05) is 36.4 Å². The molecule has 1 atom stereocenters. The first-order valence-electron chi connectivity index (χ1n) is 12.9. The lowest BCUT2D eigenvalue weighted by molar-refractivity contribution is 0.299. The molecule has 0 aliphatic carbocycles. The monoisotopic (exact) mass is 506 g/mol. The van der Waals surface area contributed by atoms with E-state index >= 15 is 0 Å². The average Bonchev–Trinajstić information content (AvgIpc) is 3.42. The second-order valence-corrected chi connectivity index (χ2v) is 9.67. The number of hydrogen-bond acceptors (Lipinski definition) is 5. The molecule has 0 radical (unpaired) electrons. The topological polar surface area (TPSA) is 61.5 Å². The van der Waals surface area contributed by atoms with Crippen LogP contribution in [0.15, 0.2) is 116 Å². The van der Waals surface area contributed by atoms with Crippen molar-refractivity contribution in [1.82, 2.24) is 19.6 Å². The smallest absolute Gasteiger partial charge is 0.228 e. The normalized spacial score (nSPS) is 14.2. The number of aromatic nitrogens is 4. The van der Waals surface area contributed by atoms with E-state index in [0.29, 0.717) is 17.4 Å². The van der Waals surface area contributed by atoms with Crippen molar-refractivity contribution in [1.29, 1.82) is 0 Å². The summed E-state index contributed by atoms with van der Waals surface area (Å²) in [5.74, 6) is 2.62. The van der Waals surface area contributed by atoms with E-state index in [-0.39, 0.29) is 12.5 Å². The second-order valence-electron chi connectivity index (χ2n) is 9.67. The molecule has 2 aromatic heterocycles. The molecule has 0 N–H and O–H groups in total. The van der Waals surface area contributed by atoms with E-state index < -0.39 is 0 Å². The number of rotatable bonds is 4. The van der Waals surface area contributed by atoms with E-state index in [0.717, 1.165) is 49.7 Å². The van der Waals surface area contributed by atoms with Crippen LogP contribution in [0.5, 0.6) is 17.4 Å². The molecule has 0 bridgehead atoms. The SMILES string of the molecule is c1ccc([C@@H]2c3c(ccc4ccccc34)Oc3ncn4nc(COc5cccc6ccccc56)nc4c32)cc1. The van der Waals surface area contributed by atoms with Gasteiger partial charge in [0.15, 0.2) is 11.5 Å². The maximum Gasteiger partial charge on any atom is 0.228 e. The molecule has 0 fully saturated rings. The molecule has 186 valence electrons. The molecule has 0 saturated carbocycles. The Balaban J connectivity index is 1.27. The summed E-state index contributed by atoms with van der Waals surface area (Å²) in [4.78, 5) is 9.63. The van der Waals surface area contributed by atoms with Gasteiger partial charge in [0.2, 0.25) is 5.88 Å². The van der Waals surface area contributed by atoms with E-state index in [2.05, 4.69) is 77.8 Å². The maximum absolute atomic E-state index is 6.41. The first-order valence-corrected chi connectivity index (χ1v) is 12.9. The van der Waals surface area contributed by atoms with Crippen LogP contribution < -0.4 is 9.47 Å². The number of ether oxygens (including phenoxy) is 2.